The van der Waals surface area contributed by atoms with E-state index in [4.69, 9.17) is 5.41 Å². The molecular weight excluding hydrogens is 255 g/mol. The Kier molecular flexibility index (Phi) is 4.26. The van der Waals surface area contributed by atoms with Crippen LogP contribution in [0.4, 0.5) is 27.6 Å². The van der Waals surface area contributed by atoms with Crippen LogP contribution in [0, 0.1) is 17.0 Å². The van der Waals surface area contributed by atoms with Crippen LogP contribution in [-0.2, 0) is 6.42 Å². The summed E-state index contributed by atoms with van der Waals surface area (Å²) in [6.45, 7) is 0.0935. The minimum atomic E-state index is -4.50. The molecule has 0 aliphatic rings. The van der Waals surface area contributed by atoms with E-state index in [9.17, 15) is 22.0 Å². The van der Waals surface area contributed by atoms with Gasteiger partial charge in [-0.2, -0.15) is 13.2 Å². The smallest absolute Gasteiger partial charge is 0.376 e. The number of hydrogen-bond donors (Lipinski definition) is 2. The number of alkyl halides is 3. The Labute approximate surface area is 100 Å². The van der Waals surface area contributed by atoms with Crippen LogP contribution in [0.1, 0.15) is 18.1 Å². The van der Waals surface area contributed by atoms with Gasteiger partial charge in [-0.25, -0.2) is 8.78 Å². The van der Waals surface area contributed by atoms with Gasteiger partial charge in [0.1, 0.15) is 18.2 Å². The summed E-state index contributed by atoms with van der Waals surface area (Å²) in [6.07, 6.45) is -3.89. The molecule has 0 bridgehead atoms. The van der Waals surface area contributed by atoms with Gasteiger partial charge in [-0.3, -0.25) is 0 Å². The van der Waals surface area contributed by atoms with E-state index < -0.39 is 24.4 Å². The van der Waals surface area contributed by atoms with Crippen LogP contribution < -0.4 is 5.32 Å². The lowest BCUT2D eigenvalue weighted by Gasteiger charge is -2.14. The van der Waals surface area contributed by atoms with Crippen LogP contribution in [0.2, 0.25) is 0 Å². The Morgan fingerprint density at radius 2 is 1.94 bits per heavy atom. The molecule has 0 heterocycles. The van der Waals surface area contributed by atoms with E-state index in [0.29, 0.717) is 6.21 Å². The Morgan fingerprint density at radius 3 is 2.39 bits per heavy atom. The van der Waals surface area contributed by atoms with Gasteiger partial charge < -0.3 is 10.7 Å². The maximum absolute atomic E-state index is 13.7. The number of rotatable bonds is 4. The van der Waals surface area contributed by atoms with Crippen molar-refractivity contribution in [3.8, 4) is 0 Å². The standard InChI is InChI=1S/C11H11F5N2/c1-2-6-8(12)3-9(7(4-17)10(6)13)18-5-11(14,15)16/h3-4,17-18H,2,5H2,1H3. The highest BCUT2D eigenvalue weighted by molar-refractivity contribution is 5.86. The number of nitrogens with one attached hydrogen (secondary N) is 2. The first-order valence-electron chi connectivity index (χ1n) is 5.12. The van der Waals surface area contributed by atoms with E-state index in [1.54, 1.807) is 0 Å². The van der Waals surface area contributed by atoms with Gasteiger partial charge in [0, 0.05) is 17.5 Å². The topological polar surface area (TPSA) is 35.9 Å². The quantitative estimate of drug-likeness (QED) is 0.635. The molecule has 0 atom stereocenters. The third-order valence-corrected chi connectivity index (χ3v) is 2.33. The first kappa shape index (κ1) is 14.4. The van der Waals surface area contributed by atoms with Gasteiger partial charge in [-0.05, 0) is 12.5 Å². The Balaban J connectivity index is 3.16. The molecule has 18 heavy (non-hydrogen) atoms. The third-order valence-electron chi connectivity index (χ3n) is 2.33. The lowest BCUT2D eigenvalue weighted by molar-refractivity contribution is -0.115. The SMILES string of the molecule is CCc1c(F)cc(NCC(F)(F)F)c(C=N)c1F. The van der Waals surface area contributed by atoms with Crippen LogP contribution in [0.5, 0.6) is 0 Å². The molecule has 0 aliphatic carbocycles. The average Bonchev–Trinajstić information content (AvgIpc) is 2.25. The molecule has 1 aromatic carbocycles. The molecular formula is C11H11F5N2. The van der Waals surface area contributed by atoms with Gasteiger partial charge in [0.2, 0.25) is 0 Å². The molecule has 0 saturated heterocycles. The van der Waals surface area contributed by atoms with Gasteiger partial charge in [0.15, 0.2) is 0 Å². The molecule has 0 aromatic heterocycles. The third kappa shape index (κ3) is 3.18. The predicted octanol–water partition coefficient (Wildman–Crippen LogP) is 3.50. The normalized spacial score (nSPS) is 11.4. The Bertz CT molecular complexity index is 454. The fourth-order valence-electron chi connectivity index (χ4n) is 1.48. The number of benzene rings is 1. The molecule has 0 spiro atoms. The molecule has 0 saturated carbocycles. The Hall–Kier alpha value is -1.66. The zero-order valence-corrected chi connectivity index (χ0v) is 9.46. The second-order valence-corrected chi connectivity index (χ2v) is 3.58. The van der Waals surface area contributed by atoms with Crippen molar-refractivity contribution in [1.82, 2.24) is 0 Å². The second kappa shape index (κ2) is 5.32. The van der Waals surface area contributed by atoms with Crippen molar-refractivity contribution in [2.24, 2.45) is 0 Å². The largest absolute Gasteiger partial charge is 0.405 e. The molecule has 0 radical (unpaired) electrons. The monoisotopic (exact) mass is 266 g/mol. The van der Waals surface area contributed by atoms with Crippen molar-refractivity contribution in [2.75, 3.05) is 11.9 Å². The van der Waals surface area contributed by atoms with Crippen LogP contribution in [0.3, 0.4) is 0 Å². The molecule has 0 amide bonds. The van der Waals surface area contributed by atoms with Gasteiger partial charge >= 0.3 is 6.18 Å². The highest BCUT2D eigenvalue weighted by Crippen LogP contribution is 2.26. The number of anilines is 1. The lowest BCUT2D eigenvalue weighted by atomic mass is 10.0. The van der Waals surface area contributed by atoms with E-state index in [0.717, 1.165) is 6.07 Å². The van der Waals surface area contributed by atoms with Crippen LogP contribution in [0.25, 0.3) is 0 Å². The van der Waals surface area contributed by atoms with Crippen molar-refractivity contribution in [3.05, 3.63) is 28.8 Å². The summed E-state index contributed by atoms with van der Waals surface area (Å²) < 4.78 is 63.2. The van der Waals surface area contributed by atoms with E-state index in [1.807, 2.05) is 5.32 Å². The van der Waals surface area contributed by atoms with Crippen molar-refractivity contribution < 1.29 is 22.0 Å². The van der Waals surface area contributed by atoms with Crippen molar-refractivity contribution in [3.63, 3.8) is 0 Å². The zero-order valence-electron chi connectivity index (χ0n) is 9.46. The fourth-order valence-corrected chi connectivity index (χ4v) is 1.48. The van der Waals surface area contributed by atoms with E-state index in [-0.39, 0.29) is 23.2 Å². The van der Waals surface area contributed by atoms with Crippen LogP contribution in [-0.4, -0.2) is 18.9 Å². The second-order valence-electron chi connectivity index (χ2n) is 3.58. The summed E-state index contributed by atoms with van der Waals surface area (Å²) in [7, 11) is 0. The lowest BCUT2D eigenvalue weighted by Crippen LogP contribution is -2.22. The van der Waals surface area contributed by atoms with Crippen molar-refractivity contribution >= 4 is 11.9 Å². The number of halogens is 5. The van der Waals surface area contributed by atoms with E-state index >= 15 is 0 Å². The zero-order chi connectivity index (χ0) is 13.9. The molecule has 0 aliphatic heterocycles. The molecule has 0 unspecified atom stereocenters. The molecule has 2 nitrogen and oxygen atoms in total. The molecule has 7 heteroatoms. The highest BCUT2D eigenvalue weighted by Gasteiger charge is 2.27. The average molecular weight is 266 g/mol. The minimum absolute atomic E-state index is 0.0536. The van der Waals surface area contributed by atoms with Crippen molar-refractivity contribution in [1.29, 1.82) is 5.41 Å². The van der Waals surface area contributed by atoms with Gasteiger partial charge in [0.25, 0.3) is 0 Å². The van der Waals surface area contributed by atoms with Gasteiger partial charge in [-0.15, -0.1) is 0 Å². The Morgan fingerprint density at radius 1 is 1.33 bits per heavy atom. The summed E-state index contributed by atoms with van der Waals surface area (Å²) in [6, 6.07) is 0.772. The highest BCUT2D eigenvalue weighted by atomic mass is 19.4. The van der Waals surface area contributed by atoms with E-state index in [1.165, 1.54) is 6.92 Å². The van der Waals surface area contributed by atoms with Crippen LogP contribution >= 0.6 is 0 Å². The molecule has 1 aromatic rings. The maximum atomic E-state index is 13.7. The molecule has 0 fully saturated rings. The number of hydrogen-bond acceptors (Lipinski definition) is 2. The fraction of sp³-hybridized carbons (Fsp3) is 0.364. The van der Waals surface area contributed by atoms with Crippen LogP contribution in [0.15, 0.2) is 6.07 Å². The maximum Gasteiger partial charge on any atom is 0.405 e. The molecule has 100 valence electrons. The summed E-state index contributed by atoms with van der Waals surface area (Å²) in [5, 5.41) is 8.87. The predicted molar refractivity (Wildman–Crippen MR) is 58.2 cm³/mol. The molecule has 1 rings (SSSR count). The first-order chi connectivity index (χ1) is 8.30. The van der Waals surface area contributed by atoms with Gasteiger partial charge in [0.05, 0.1) is 5.56 Å². The summed E-state index contributed by atoms with van der Waals surface area (Å²) in [5.74, 6) is -1.93. The summed E-state index contributed by atoms with van der Waals surface area (Å²) in [4.78, 5) is 0. The van der Waals surface area contributed by atoms with Crippen molar-refractivity contribution in [2.45, 2.75) is 19.5 Å². The summed E-state index contributed by atoms with van der Waals surface area (Å²) in [5.41, 5.74) is -1.00. The van der Waals surface area contributed by atoms with E-state index in [2.05, 4.69) is 0 Å². The first-order valence-corrected chi connectivity index (χ1v) is 5.12. The minimum Gasteiger partial charge on any atom is -0.376 e. The van der Waals surface area contributed by atoms with Gasteiger partial charge in [-0.1, -0.05) is 6.92 Å². The molecule has 2 N–H and O–H groups in total. The summed E-state index contributed by atoms with van der Waals surface area (Å²) >= 11 is 0.